The van der Waals surface area contributed by atoms with Crippen LogP contribution in [0.4, 0.5) is 4.39 Å². The van der Waals surface area contributed by atoms with Gasteiger partial charge in [0.05, 0.1) is 24.6 Å². The van der Waals surface area contributed by atoms with Gasteiger partial charge in [-0.15, -0.1) is 11.3 Å². The van der Waals surface area contributed by atoms with Gasteiger partial charge in [0.1, 0.15) is 20.6 Å². The van der Waals surface area contributed by atoms with Gasteiger partial charge >= 0.3 is 0 Å². The second kappa shape index (κ2) is 9.10. The molecule has 1 N–H and O–H groups in total. The summed E-state index contributed by atoms with van der Waals surface area (Å²) in [5, 5.41) is 0.571. The van der Waals surface area contributed by atoms with E-state index in [9.17, 15) is 17.6 Å². The number of rotatable bonds is 6. The SMILES string of the molecule is Cc1nc(-c2cc(S(=O)(=O)NCc3ccc(F)cc3)cn2C)sc1C(=O)N1CCOCC1. The van der Waals surface area contributed by atoms with E-state index in [1.807, 2.05) is 0 Å². The molecule has 170 valence electrons. The van der Waals surface area contributed by atoms with Gasteiger partial charge in [-0.05, 0) is 30.7 Å². The van der Waals surface area contributed by atoms with E-state index in [-0.39, 0.29) is 23.2 Å². The summed E-state index contributed by atoms with van der Waals surface area (Å²) in [6.45, 7) is 3.93. The van der Waals surface area contributed by atoms with E-state index >= 15 is 0 Å². The molecule has 0 spiro atoms. The predicted octanol–water partition coefficient (Wildman–Crippen LogP) is 2.55. The van der Waals surface area contributed by atoms with Crippen LogP contribution < -0.4 is 4.72 Å². The highest BCUT2D eigenvalue weighted by atomic mass is 32.2. The Balaban J connectivity index is 1.54. The lowest BCUT2D eigenvalue weighted by Gasteiger charge is -2.26. The zero-order valence-electron chi connectivity index (χ0n) is 17.7. The molecule has 1 aliphatic rings. The van der Waals surface area contributed by atoms with Gasteiger partial charge in [-0.25, -0.2) is 22.5 Å². The van der Waals surface area contributed by atoms with E-state index in [1.54, 1.807) is 23.4 Å². The van der Waals surface area contributed by atoms with Gasteiger partial charge in [-0.1, -0.05) is 12.1 Å². The molecule has 1 aromatic carbocycles. The van der Waals surface area contributed by atoms with Gasteiger partial charge < -0.3 is 14.2 Å². The number of thiazole rings is 1. The van der Waals surface area contributed by atoms with Crippen molar-refractivity contribution < 1.29 is 22.3 Å². The molecule has 0 bridgehead atoms. The van der Waals surface area contributed by atoms with Crippen molar-refractivity contribution in [1.29, 1.82) is 0 Å². The molecule has 2 aromatic heterocycles. The van der Waals surface area contributed by atoms with Crippen molar-refractivity contribution in [2.24, 2.45) is 7.05 Å². The second-order valence-corrected chi connectivity index (χ2v) is 10.2. The maximum absolute atomic E-state index is 13.0. The van der Waals surface area contributed by atoms with Crippen LogP contribution in [0.1, 0.15) is 20.9 Å². The number of amides is 1. The number of carbonyl (C=O) groups is 1. The van der Waals surface area contributed by atoms with Crippen LogP contribution in [0.5, 0.6) is 0 Å². The maximum Gasteiger partial charge on any atom is 0.266 e. The Hall–Kier alpha value is -2.60. The molecule has 32 heavy (non-hydrogen) atoms. The number of benzene rings is 1. The minimum atomic E-state index is -3.79. The first-order valence-corrected chi connectivity index (χ1v) is 12.3. The molecule has 4 rings (SSSR count). The molecular formula is C21H23FN4O4S2. The Kier molecular flexibility index (Phi) is 6.42. The van der Waals surface area contributed by atoms with Crippen LogP contribution in [0.15, 0.2) is 41.4 Å². The van der Waals surface area contributed by atoms with E-state index in [4.69, 9.17) is 4.74 Å². The van der Waals surface area contributed by atoms with Crippen LogP contribution in [0, 0.1) is 12.7 Å². The summed E-state index contributed by atoms with van der Waals surface area (Å²) < 4.78 is 48.1. The average molecular weight is 479 g/mol. The number of morpholine rings is 1. The third-order valence-corrected chi connectivity index (χ3v) is 7.71. The molecule has 3 heterocycles. The summed E-state index contributed by atoms with van der Waals surface area (Å²) in [5.41, 5.74) is 1.86. The summed E-state index contributed by atoms with van der Waals surface area (Å²) in [4.78, 5) is 19.8. The highest BCUT2D eigenvalue weighted by Gasteiger charge is 2.25. The van der Waals surface area contributed by atoms with Gasteiger partial charge in [0.15, 0.2) is 0 Å². The van der Waals surface area contributed by atoms with Crippen LogP contribution in [0.25, 0.3) is 10.7 Å². The number of aryl methyl sites for hydroxylation is 2. The predicted molar refractivity (Wildman–Crippen MR) is 118 cm³/mol. The van der Waals surface area contributed by atoms with Crippen molar-refractivity contribution >= 4 is 27.3 Å². The van der Waals surface area contributed by atoms with Crippen LogP contribution >= 0.6 is 11.3 Å². The number of nitrogens with one attached hydrogen (secondary N) is 1. The van der Waals surface area contributed by atoms with Crippen molar-refractivity contribution in [3.8, 4) is 10.7 Å². The van der Waals surface area contributed by atoms with E-state index in [2.05, 4.69) is 9.71 Å². The topological polar surface area (TPSA) is 93.5 Å². The fourth-order valence-electron chi connectivity index (χ4n) is 3.37. The molecule has 1 fully saturated rings. The Bertz CT molecular complexity index is 1230. The first-order chi connectivity index (χ1) is 15.2. The lowest BCUT2D eigenvalue weighted by atomic mass is 10.2. The monoisotopic (exact) mass is 478 g/mol. The highest BCUT2D eigenvalue weighted by molar-refractivity contribution is 7.89. The Morgan fingerprint density at radius 1 is 1.25 bits per heavy atom. The Labute approximate surface area is 189 Å². The molecule has 1 aliphatic heterocycles. The van der Waals surface area contributed by atoms with E-state index in [0.29, 0.717) is 53.1 Å². The Morgan fingerprint density at radius 3 is 2.62 bits per heavy atom. The first-order valence-electron chi connectivity index (χ1n) is 10.00. The molecular weight excluding hydrogens is 455 g/mol. The number of ether oxygens (including phenoxy) is 1. The average Bonchev–Trinajstić information content (AvgIpc) is 3.36. The molecule has 1 amide bonds. The van der Waals surface area contributed by atoms with Crippen molar-refractivity contribution in [2.45, 2.75) is 18.4 Å². The number of nitrogens with zero attached hydrogens (tertiary/aromatic N) is 3. The van der Waals surface area contributed by atoms with Gasteiger partial charge in [0, 0.05) is 32.9 Å². The molecule has 11 heteroatoms. The molecule has 0 unspecified atom stereocenters. The van der Waals surface area contributed by atoms with Gasteiger partial charge in [-0.3, -0.25) is 4.79 Å². The summed E-state index contributed by atoms with van der Waals surface area (Å²) in [5.74, 6) is -0.466. The molecule has 3 aromatic rings. The number of aromatic nitrogens is 2. The zero-order valence-corrected chi connectivity index (χ0v) is 19.3. The van der Waals surface area contributed by atoms with Crippen LogP contribution in [0.3, 0.4) is 0 Å². The second-order valence-electron chi connectivity index (χ2n) is 7.46. The molecule has 0 aliphatic carbocycles. The summed E-state index contributed by atoms with van der Waals surface area (Å²) >= 11 is 1.25. The highest BCUT2D eigenvalue weighted by Crippen LogP contribution is 2.31. The smallest absolute Gasteiger partial charge is 0.266 e. The molecule has 1 saturated heterocycles. The quantitative estimate of drug-likeness (QED) is 0.588. The van der Waals surface area contributed by atoms with Crippen molar-refractivity contribution in [3.05, 3.63) is 58.5 Å². The summed E-state index contributed by atoms with van der Waals surface area (Å²) in [6, 6.07) is 7.16. The summed E-state index contributed by atoms with van der Waals surface area (Å²) in [6.07, 6.45) is 1.50. The minimum Gasteiger partial charge on any atom is -0.378 e. The molecule has 0 saturated carbocycles. The normalized spacial score (nSPS) is 14.7. The Morgan fingerprint density at radius 2 is 1.94 bits per heavy atom. The van der Waals surface area contributed by atoms with Crippen LogP contribution in [-0.4, -0.2) is 55.1 Å². The van der Waals surface area contributed by atoms with Crippen LogP contribution in [-0.2, 0) is 28.4 Å². The molecule has 0 radical (unpaired) electrons. The van der Waals surface area contributed by atoms with Crippen molar-refractivity contribution in [2.75, 3.05) is 26.3 Å². The third-order valence-electron chi connectivity index (χ3n) is 5.18. The van der Waals surface area contributed by atoms with E-state index < -0.39 is 10.0 Å². The standard InChI is InChI=1S/C21H23FN4O4S2/c1-14-19(21(27)26-7-9-30-10-8-26)31-20(24-14)18-11-17(13-25(18)2)32(28,29)23-12-15-3-5-16(22)6-4-15/h3-6,11,13,23H,7-10,12H2,1-2H3. The summed E-state index contributed by atoms with van der Waals surface area (Å²) in [7, 11) is -2.06. The molecule has 8 nitrogen and oxygen atoms in total. The number of carbonyl (C=O) groups excluding carboxylic acids is 1. The van der Waals surface area contributed by atoms with E-state index in [0.717, 1.165) is 0 Å². The largest absolute Gasteiger partial charge is 0.378 e. The van der Waals surface area contributed by atoms with Gasteiger partial charge in [0.2, 0.25) is 10.0 Å². The van der Waals surface area contributed by atoms with Crippen LogP contribution in [0.2, 0.25) is 0 Å². The van der Waals surface area contributed by atoms with Gasteiger partial charge in [-0.2, -0.15) is 0 Å². The van der Waals surface area contributed by atoms with Gasteiger partial charge in [0.25, 0.3) is 5.91 Å². The number of sulfonamides is 1. The minimum absolute atomic E-state index is 0.0431. The first kappa shape index (κ1) is 22.6. The van der Waals surface area contributed by atoms with Crippen molar-refractivity contribution in [3.63, 3.8) is 0 Å². The lowest BCUT2D eigenvalue weighted by molar-refractivity contribution is 0.0305. The zero-order chi connectivity index (χ0) is 22.9. The lowest BCUT2D eigenvalue weighted by Crippen LogP contribution is -2.40. The number of hydrogen-bond acceptors (Lipinski definition) is 6. The maximum atomic E-state index is 13.0. The molecule has 0 atom stereocenters. The fraction of sp³-hybridized carbons (Fsp3) is 0.333. The van der Waals surface area contributed by atoms with E-state index in [1.165, 1.54) is 47.9 Å². The van der Waals surface area contributed by atoms with Crippen molar-refractivity contribution in [1.82, 2.24) is 19.2 Å². The fourth-order valence-corrected chi connectivity index (χ4v) is 5.55. The number of halogens is 1. The number of hydrogen-bond donors (Lipinski definition) is 1. The third kappa shape index (κ3) is 4.75.